The van der Waals surface area contributed by atoms with E-state index in [0.717, 1.165) is 12.2 Å². The Labute approximate surface area is 134 Å². The molecule has 2 aromatic heterocycles. The van der Waals surface area contributed by atoms with Crippen molar-refractivity contribution >= 4 is 11.7 Å². The molecule has 0 unspecified atom stereocenters. The van der Waals surface area contributed by atoms with Gasteiger partial charge in [-0.05, 0) is 13.0 Å². The molecular weight excluding hydrogens is 298 g/mol. The van der Waals surface area contributed by atoms with Crippen LogP contribution in [0.2, 0.25) is 0 Å². The first-order valence-corrected chi connectivity index (χ1v) is 7.43. The van der Waals surface area contributed by atoms with Gasteiger partial charge in [0.05, 0.1) is 12.7 Å². The molecule has 0 aliphatic carbocycles. The van der Waals surface area contributed by atoms with Crippen molar-refractivity contribution in [2.75, 3.05) is 32.1 Å². The molecule has 1 saturated heterocycles. The van der Waals surface area contributed by atoms with E-state index in [1.54, 1.807) is 17.9 Å². The summed E-state index contributed by atoms with van der Waals surface area (Å²) < 4.78 is 10.8. The normalized spacial score (nSPS) is 17.3. The summed E-state index contributed by atoms with van der Waals surface area (Å²) in [5.41, 5.74) is 0.501. The zero-order chi connectivity index (χ0) is 16.4. The molecule has 23 heavy (non-hydrogen) atoms. The van der Waals surface area contributed by atoms with Crippen LogP contribution in [0, 0.1) is 6.92 Å². The van der Waals surface area contributed by atoms with Gasteiger partial charge in [-0.1, -0.05) is 5.16 Å². The number of carbonyl (C=O) groups is 1. The maximum absolute atomic E-state index is 12.4. The summed E-state index contributed by atoms with van der Waals surface area (Å²) in [6.07, 6.45) is 2.13. The molecule has 1 aliphatic rings. The van der Waals surface area contributed by atoms with E-state index in [0.29, 0.717) is 30.3 Å². The lowest BCUT2D eigenvalue weighted by atomic mass is 10.2. The molecular formula is C15H19N5O3. The molecule has 1 atom stereocenters. The Balaban J connectivity index is 1.59. The Morgan fingerprint density at radius 2 is 2.22 bits per heavy atom. The minimum Gasteiger partial charge on any atom is -0.471 e. The highest BCUT2D eigenvalue weighted by Gasteiger charge is 2.30. The second-order valence-corrected chi connectivity index (χ2v) is 5.70. The quantitative estimate of drug-likeness (QED) is 0.835. The monoisotopic (exact) mass is 317 g/mol. The van der Waals surface area contributed by atoms with Crippen molar-refractivity contribution in [3.63, 3.8) is 0 Å². The van der Waals surface area contributed by atoms with Crippen molar-refractivity contribution in [3.05, 3.63) is 29.7 Å². The molecule has 122 valence electrons. The van der Waals surface area contributed by atoms with Crippen LogP contribution in [-0.2, 0) is 0 Å². The molecule has 0 radical (unpaired) electrons. The van der Waals surface area contributed by atoms with Crippen molar-refractivity contribution in [2.45, 2.75) is 19.4 Å². The van der Waals surface area contributed by atoms with Gasteiger partial charge in [-0.2, -0.15) is 0 Å². The summed E-state index contributed by atoms with van der Waals surface area (Å²) in [6.45, 7) is 2.88. The number of amides is 1. The number of hydrogen-bond donors (Lipinski definition) is 0. The molecule has 1 amide bonds. The highest BCUT2D eigenvalue weighted by molar-refractivity contribution is 5.94. The molecule has 2 aromatic rings. The van der Waals surface area contributed by atoms with E-state index in [4.69, 9.17) is 9.26 Å². The first kappa shape index (κ1) is 15.3. The zero-order valence-electron chi connectivity index (χ0n) is 13.4. The third-order valence-electron chi connectivity index (χ3n) is 3.78. The summed E-state index contributed by atoms with van der Waals surface area (Å²) in [5.74, 6) is 1.69. The first-order chi connectivity index (χ1) is 11.0. The lowest BCUT2D eigenvalue weighted by Gasteiger charge is -2.16. The standard InChI is InChI=1S/C15H19N5O3/c1-10-12(8-16-23-10)15(21)20-7-6-11(9-20)22-14-5-4-13(17-18-14)19(2)3/h4-5,8,11H,6-7,9H2,1-3H3/t11-/m1/s1. The predicted octanol–water partition coefficient (Wildman–Crippen LogP) is 1.13. The van der Waals surface area contributed by atoms with Gasteiger partial charge >= 0.3 is 0 Å². The molecule has 8 nitrogen and oxygen atoms in total. The van der Waals surface area contributed by atoms with Crippen molar-refractivity contribution in [2.24, 2.45) is 0 Å². The van der Waals surface area contributed by atoms with E-state index in [2.05, 4.69) is 15.4 Å². The highest BCUT2D eigenvalue weighted by Crippen LogP contribution is 2.20. The van der Waals surface area contributed by atoms with E-state index >= 15 is 0 Å². The largest absolute Gasteiger partial charge is 0.471 e. The molecule has 0 spiro atoms. The number of likely N-dealkylation sites (tertiary alicyclic amines) is 1. The molecule has 3 rings (SSSR count). The molecule has 0 aromatic carbocycles. The first-order valence-electron chi connectivity index (χ1n) is 7.43. The van der Waals surface area contributed by atoms with Crippen LogP contribution >= 0.6 is 0 Å². The second-order valence-electron chi connectivity index (χ2n) is 5.70. The van der Waals surface area contributed by atoms with Gasteiger partial charge in [-0.25, -0.2) is 0 Å². The molecule has 1 aliphatic heterocycles. The van der Waals surface area contributed by atoms with E-state index in [1.807, 2.05) is 25.1 Å². The minimum absolute atomic E-state index is 0.0797. The molecule has 0 saturated carbocycles. The lowest BCUT2D eigenvalue weighted by Crippen LogP contribution is -2.31. The Kier molecular flexibility index (Phi) is 4.14. The average Bonchev–Trinajstić information content (AvgIpc) is 3.16. The van der Waals surface area contributed by atoms with Crippen molar-refractivity contribution in [3.8, 4) is 5.88 Å². The fourth-order valence-corrected chi connectivity index (χ4v) is 2.47. The molecule has 0 bridgehead atoms. The Morgan fingerprint density at radius 3 is 2.83 bits per heavy atom. The zero-order valence-corrected chi connectivity index (χ0v) is 13.4. The Morgan fingerprint density at radius 1 is 1.39 bits per heavy atom. The van der Waals surface area contributed by atoms with Crippen LogP contribution in [0.1, 0.15) is 22.5 Å². The number of rotatable bonds is 4. The summed E-state index contributed by atoms with van der Waals surface area (Å²) in [5, 5.41) is 11.8. The third-order valence-corrected chi connectivity index (χ3v) is 3.78. The number of hydrogen-bond acceptors (Lipinski definition) is 7. The third kappa shape index (κ3) is 3.25. The van der Waals surface area contributed by atoms with Crippen LogP contribution in [0.25, 0.3) is 0 Å². The van der Waals surface area contributed by atoms with Gasteiger partial charge < -0.3 is 19.1 Å². The number of carbonyl (C=O) groups excluding carboxylic acids is 1. The molecule has 1 fully saturated rings. The van der Waals surface area contributed by atoms with E-state index in [9.17, 15) is 4.79 Å². The van der Waals surface area contributed by atoms with Crippen molar-refractivity contribution in [1.82, 2.24) is 20.3 Å². The Bertz CT molecular complexity index is 683. The number of anilines is 1. The van der Waals surface area contributed by atoms with Gasteiger partial charge in [-0.15, -0.1) is 10.2 Å². The van der Waals surface area contributed by atoms with Gasteiger partial charge in [0.15, 0.2) is 5.82 Å². The minimum atomic E-state index is -0.0846. The summed E-state index contributed by atoms with van der Waals surface area (Å²) in [6, 6.07) is 3.64. The van der Waals surface area contributed by atoms with Crippen LogP contribution in [0.5, 0.6) is 5.88 Å². The van der Waals surface area contributed by atoms with Gasteiger partial charge in [0.1, 0.15) is 17.4 Å². The number of nitrogens with zero attached hydrogens (tertiary/aromatic N) is 5. The van der Waals surface area contributed by atoms with Crippen LogP contribution < -0.4 is 9.64 Å². The van der Waals surface area contributed by atoms with Gasteiger partial charge in [0.25, 0.3) is 5.91 Å². The van der Waals surface area contributed by atoms with E-state index in [1.165, 1.54) is 6.20 Å². The SMILES string of the molecule is Cc1oncc1C(=O)N1CC[C@@H](Oc2ccc(N(C)C)nn2)C1. The van der Waals surface area contributed by atoms with Gasteiger partial charge in [0.2, 0.25) is 5.88 Å². The maximum Gasteiger partial charge on any atom is 0.259 e. The topological polar surface area (TPSA) is 84.6 Å². The van der Waals surface area contributed by atoms with Crippen LogP contribution in [0.3, 0.4) is 0 Å². The summed E-state index contributed by atoms with van der Waals surface area (Å²) in [7, 11) is 3.80. The maximum atomic E-state index is 12.4. The average molecular weight is 317 g/mol. The lowest BCUT2D eigenvalue weighted by molar-refractivity contribution is 0.0769. The second kappa shape index (κ2) is 6.23. The van der Waals surface area contributed by atoms with E-state index < -0.39 is 0 Å². The number of aryl methyl sites for hydroxylation is 1. The molecule has 0 N–H and O–H groups in total. The van der Waals surface area contributed by atoms with Crippen LogP contribution in [0.4, 0.5) is 5.82 Å². The van der Waals surface area contributed by atoms with Gasteiger partial charge in [0, 0.05) is 33.1 Å². The molecule has 3 heterocycles. The predicted molar refractivity (Wildman–Crippen MR) is 82.5 cm³/mol. The van der Waals surface area contributed by atoms with E-state index in [-0.39, 0.29) is 12.0 Å². The smallest absolute Gasteiger partial charge is 0.259 e. The fraction of sp³-hybridized carbons (Fsp3) is 0.467. The number of ether oxygens (including phenoxy) is 1. The Hall–Kier alpha value is -2.64. The summed E-state index contributed by atoms with van der Waals surface area (Å²) >= 11 is 0. The molecule has 8 heteroatoms. The highest BCUT2D eigenvalue weighted by atomic mass is 16.5. The summed E-state index contributed by atoms with van der Waals surface area (Å²) in [4.78, 5) is 16.0. The fourth-order valence-electron chi connectivity index (χ4n) is 2.47. The van der Waals surface area contributed by atoms with Crippen molar-refractivity contribution < 1.29 is 14.1 Å². The van der Waals surface area contributed by atoms with Crippen molar-refractivity contribution in [1.29, 1.82) is 0 Å². The van der Waals surface area contributed by atoms with Crippen LogP contribution in [0.15, 0.2) is 22.9 Å². The van der Waals surface area contributed by atoms with Crippen LogP contribution in [-0.4, -0.2) is 59.4 Å². The van der Waals surface area contributed by atoms with Gasteiger partial charge in [-0.3, -0.25) is 4.79 Å². The number of aromatic nitrogens is 3.